The van der Waals surface area contributed by atoms with Gasteiger partial charge in [-0.25, -0.2) is 0 Å². The van der Waals surface area contributed by atoms with Crippen molar-refractivity contribution >= 4 is 0 Å². The van der Waals surface area contributed by atoms with E-state index in [1.165, 1.54) is 12.8 Å². The Bertz CT molecular complexity index is 229. The van der Waals surface area contributed by atoms with E-state index < -0.39 is 0 Å². The molecule has 0 bridgehead atoms. The van der Waals surface area contributed by atoms with E-state index in [9.17, 15) is 0 Å². The van der Waals surface area contributed by atoms with Crippen LogP contribution < -0.4 is 0 Å². The minimum absolute atomic E-state index is 0.574. The van der Waals surface area contributed by atoms with Gasteiger partial charge in [0.15, 0.2) is 0 Å². The molecule has 86 valence electrons. The SMILES string of the molecule is CCCC(C)C(C)C1C=CCC=CN1C. The van der Waals surface area contributed by atoms with Crippen molar-refractivity contribution in [3.05, 3.63) is 24.4 Å². The summed E-state index contributed by atoms with van der Waals surface area (Å²) in [5.41, 5.74) is 0. The van der Waals surface area contributed by atoms with Crippen molar-refractivity contribution in [2.24, 2.45) is 11.8 Å². The maximum atomic E-state index is 2.38. The van der Waals surface area contributed by atoms with Gasteiger partial charge in [-0.3, -0.25) is 0 Å². The molecule has 1 heterocycles. The highest BCUT2D eigenvalue weighted by Gasteiger charge is 2.22. The normalized spacial score (nSPS) is 25.1. The van der Waals surface area contributed by atoms with E-state index in [0.717, 1.165) is 18.3 Å². The second kappa shape index (κ2) is 5.99. The Morgan fingerprint density at radius 2 is 2.07 bits per heavy atom. The Morgan fingerprint density at radius 3 is 2.73 bits per heavy atom. The number of likely N-dealkylation sites (N-methyl/N-ethyl adjacent to an activating group) is 1. The Morgan fingerprint density at radius 1 is 1.33 bits per heavy atom. The van der Waals surface area contributed by atoms with Crippen molar-refractivity contribution in [3.63, 3.8) is 0 Å². The number of allylic oxidation sites excluding steroid dienone is 2. The molecule has 0 aromatic heterocycles. The van der Waals surface area contributed by atoms with Gasteiger partial charge in [-0.15, -0.1) is 0 Å². The lowest BCUT2D eigenvalue weighted by molar-refractivity contribution is 0.226. The van der Waals surface area contributed by atoms with Gasteiger partial charge in [-0.05, 0) is 24.5 Å². The molecule has 1 rings (SSSR count). The molecule has 3 unspecified atom stereocenters. The maximum Gasteiger partial charge on any atom is 0.0492 e. The van der Waals surface area contributed by atoms with E-state index in [0.29, 0.717) is 6.04 Å². The molecule has 0 amide bonds. The highest BCUT2D eigenvalue weighted by molar-refractivity contribution is 5.06. The smallest absolute Gasteiger partial charge is 0.0492 e. The minimum atomic E-state index is 0.574. The van der Waals surface area contributed by atoms with Crippen LogP contribution in [0.1, 0.15) is 40.0 Å². The van der Waals surface area contributed by atoms with Crippen LogP contribution in [0.25, 0.3) is 0 Å². The van der Waals surface area contributed by atoms with Gasteiger partial charge in [-0.1, -0.05) is 51.8 Å². The summed E-state index contributed by atoms with van der Waals surface area (Å²) in [5.74, 6) is 1.53. The fourth-order valence-electron chi connectivity index (χ4n) is 2.36. The minimum Gasteiger partial charge on any atom is -0.374 e. The van der Waals surface area contributed by atoms with Gasteiger partial charge < -0.3 is 4.90 Å². The van der Waals surface area contributed by atoms with Crippen molar-refractivity contribution in [1.29, 1.82) is 0 Å². The third-order valence-corrected chi connectivity index (χ3v) is 3.60. The first-order chi connectivity index (χ1) is 7.16. The van der Waals surface area contributed by atoms with E-state index in [-0.39, 0.29) is 0 Å². The van der Waals surface area contributed by atoms with Gasteiger partial charge >= 0.3 is 0 Å². The first-order valence-electron chi connectivity index (χ1n) is 6.22. The van der Waals surface area contributed by atoms with Gasteiger partial charge in [0.05, 0.1) is 0 Å². The molecule has 3 atom stereocenters. The second-order valence-corrected chi connectivity index (χ2v) is 4.83. The number of nitrogens with zero attached hydrogens (tertiary/aromatic N) is 1. The molecule has 0 spiro atoms. The summed E-state index contributed by atoms with van der Waals surface area (Å²) >= 11 is 0. The Labute approximate surface area is 94.9 Å². The molecule has 0 radical (unpaired) electrons. The zero-order chi connectivity index (χ0) is 11.3. The van der Waals surface area contributed by atoms with Crippen molar-refractivity contribution in [3.8, 4) is 0 Å². The van der Waals surface area contributed by atoms with Crippen molar-refractivity contribution in [1.82, 2.24) is 4.90 Å². The number of rotatable bonds is 4. The van der Waals surface area contributed by atoms with E-state index >= 15 is 0 Å². The van der Waals surface area contributed by atoms with Crippen LogP contribution in [0.5, 0.6) is 0 Å². The topological polar surface area (TPSA) is 3.24 Å². The van der Waals surface area contributed by atoms with Gasteiger partial charge in [0.1, 0.15) is 0 Å². The average Bonchev–Trinajstić information content (AvgIpc) is 2.42. The largest absolute Gasteiger partial charge is 0.374 e. The fourth-order valence-corrected chi connectivity index (χ4v) is 2.36. The summed E-state index contributed by atoms with van der Waals surface area (Å²) in [6.07, 6.45) is 12.8. The van der Waals surface area contributed by atoms with E-state index in [1.54, 1.807) is 0 Å². The number of hydrogen-bond acceptors (Lipinski definition) is 1. The quantitative estimate of drug-likeness (QED) is 0.633. The molecule has 1 aliphatic rings. The highest BCUT2D eigenvalue weighted by atomic mass is 15.1. The summed E-state index contributed by atoms with van der Waals surface area (Å²) < 4.78 is 0. The summed E-state index contributed by atoms with van der Waals surface area (Å²) in [6.45, 7) is 7.03. The Balaban J connectivity index is 2.63. The Hall–Kier alpha value is -0.720. The molecule has 15 heavy (non-hydrogen) atoms. The third kappa shape index (κ3) is 3.40. The average molecular weight is 207 g/mol. The predicted octanol–water partition coefficient (Wildman–Crippen LogP) is 3.83. The van der Waals surface area contributed by atoms with Gasteiger partial charge in [-0.2, -0.15) is 0 Å². The van der Waals surface area contributed by atoms with Crippen molar-refractivity contribution < 1.29 is 0 Å². The maximum absolute atomic E-state index is 2.38. The van der Waals surface area contributed by atoms with Gasteiger partial charge in [0.25, 0.3) is 0 Å². The van der Waals surface area contributed by atoms with E-state index in [1.807, 2.05) is 0 Å². The molecular weight excluding hydrogens is 182 g/mol. The van der Waals surface area contributed by atoms with E-state index in [4.69, 9.17) is 0 Å². The van der Waals surface area contributed by atoms with Crippen molar-refractivity contribution in [2.75, 3.05) is 7.05 Å². The summed E-state index contributed by atoms with van der Waals surface area (Å²) in [5, 5.41) is 0. The van der Waals surface area contributed by atoms with Gasteiger partial charge in [0.2, 0.25) is 0 Å². The van der Waals surface area contributed by atoms with Crippen LogP contribution in [0.4, 0.5) is 0 Å². The summed E-state index contributed by atoms with van der Waals surface area (Å²) in [6, 6.07) is 0.574. The Kier molecular flexibility index (Phi) is 4.93. The lowest BCUT2D eigenvalue weighted by atomic mass is 9.85. The van der Waals surface area contributed by atoms with Crippen LogP contribution in [0.15, 0.2) is 24.4 Å². The van der Waals surface area contributed by atoms with Crippen LogP contribution in [0.3, 0.4) is 0 Å². The molecule has 0 aromatic carbocycles. The monoisotopic (exact) mass is 207 g/mol. The molecule has 0 aliphatic carbocycles. The zero-order valence-electron chi connectivity index (χ0n) is 10.6. The molecule has 1 nitrogen and oxygen atoms in total. The zero-order valence-corrected chi connectivity index (χ0v) is 10.6. The van der Waals surface area contributed by atoms with E-state index in [2.05, 4.69) is 57.1 Å². The number of hydrogen-bond donors (Lipinski definition) is 0. The van der Waals surface area contributed by atoms with Crippen LogP contribution in [0, 0.1) is 11.8 Å². The first kappa shape index (κ1) is 12.4. The molecule has 0 aromatic rings. The molecule has 1 heteroatoms. The molecule has 1 aliphatic heterocycles. The van der Waals surface area contributed by atoms with Gasteiger partial charge in [0, 0.05) is 13.1 Å². The molecule has 0 fully saturated rings. The lowest BCUT2D eigenvalue weighted by Crippen LogP contribution is -2.34. The molecule has 0 saturated heterocycles. The second-order valence-electron chi connectivity index (χ2n) is 4.83. The lowest BCUT2D eigenvalue weighted by Gasteiger charge is -2.32. The molecular formula is C14H25N. The predicted molar refractivity (Wildman–Crippen MR) is 67.7 cm³/mol. The summed E-state index contributed by atoms with van der Waals surface area (Å²) in [7, 11) is 2.19. The molecule has 0 N–H and O–H groups in total. The van der Waals surface area contributed by atoms with Crippen LogP contribution >= 0.6 is 0 Å². The van der Waals surface area contributed by atoms with Crippen LogP contribution in [0.2, 0.25) is 0 Å². The summed E-state index contributed by atoms with van der Waals surface area (Å²) in [4.78, 5) is 2.35. The van der Waals surface area contributed by atoms with Crippen molar-refractivity contribution in [2.45, 2.75) is 46.1 Å². The third-order valence-electron chi connectivity index (χ3n) is 3.60. The molecule has 0 saturated carbocycles. The fraction of sp³-hybridized carbons (Fsp3) is 0.714. The van der Waals surface area contributed by atoms with Crippen LogP contribution in [-0.2, 0) is 0 Å². The highest BCUT2D eigenvalue weighted by Crippen LogP contribution is 2.25. The standard InChI is InChI=1S/C14H25N/c1-5-9-12(2)13(3)14-10-7-6-8-11-15(14)4/h7-8,10-14H,5-6,9H2,1-4H3. The van der Waals surface area contributed by atoms with Crippen LogP contribution in [-0.4, -0.2) is 18.0 Å². The first-order valence-corrected chi connectivity index (χ1v) is 6.22.